The summed E-state index contributed by atoms with van der Waals surface area (Å²) >= 11 is 2.71. The highest BCUT2D eigenvalue weighted by molar-refractivity contribution is 7.99. The lowest BCUT2D eigenvalue weighted by Gasteiger charge is -2.12. The van der Waals surface area contributed by atoms with Gasteiger partial charge in [0, 0.05) is 6.54 Å². The summed E-state index contributed by atoms with van der Waals surface area (Å²) in [5.74, 6) is 0.380. The van der Waals surface area contributed by atoms with Gasteiger partial charge in [0.1, 0.15) is 22.4 Å². The highest BCUT2D eigenvalue weighted by atomic mass is 32.2. The Hall–Kier alpha value is -2.44. The summed E-state index contributed by atoms with van der Waals surface area (Å²) in [6.45, 7) is 6.67. The van der Waals surface area contributed by atoms with E-state index < -0.39 is 0 Å². The number of rotatable bonds is 6. The van der Waals surface area contributed by atoms with Gasteiger partial charge in [0.05, 0.1) is 15.5 Å². The predicted molar refractivity (Wildman–Crippen MR) is 103 cm³/mol. The standard InChI is InChI=1S/C17H18N6OS2/c1-10(2)9-23-17(20-21-22-23)25-11(3)15(24)12(8-18)16-19-13-6-4-5-7-14(13)26-16/h4-7,10-11,24H,9H2,1-3H3/b15-12-. The van der Waals surface area contributed by atoms with Crippen molar-refractivity contribution in [2.45, 2.75) is 37.7 Å². The number of aliphatic hydroxyl groups excluding tert-OH is 1. The number of aliphatic hydroxyl groups is 1. The number of hydrogen-bond donors (Lipinski definition) is 1. The Bertz CT molecular complexity index is 951. The number of benzene rings is 1. The van der Waals surface area contributed by atoms with Crippen molar-refractivity contribution in [3.05, 3.63) is 35.0 Å². The molecule has 1 aromatic carbocycles. The Labute approximate surface area is 159 Å². The minimum absolute atomic E-state index is 0.0179. The van der Waals surface area contributed by atoms with E-state index in [4.69, 9.17) is 0 Å². The highest BCUT2D eigenvalue weighted by Crippen LogP contribution is 2.32. The number of tetrazole rings is 1. The van der Waals surface area contributed by atoms with Gasteiger partial charge in [-0.15, -0.1) is 16.4 Å². The van der Waals surface area contributed by atoms with Gasteiger partial charge in [-0.2, -0.15) is 5.26 Å². The third-order valence-corrected chi connectivity index (χ3v) is 5.71. The quantitative estimate of drug-likeness (QED) is 0.389. The molecule has 1 atom stereocenters. The Balaban J connectivity index is 1.88. The van der Waals surface area contributed by atoms with Gasteiger partial charge in [0.2, 0.25) is 5.16 Å². The molecule has 0 saturated heterocycles. The molecule has 0 spiro atoms. The third-order valence-electron chi connectivity index (χ3n) is 3.58. The highest BCUT2D eigenvalue weighted by Gasteiger charge is 2.21. The lowest BCUT2D eigenvalue weighted by Crippen LogP contribution is -2.10. The van der Waals surface area contributed by atoms with Gasteiger partial charge in [-0.25, -0.2) is 9.67 Å². The van der Waals surface area contributed by atoms with E-state index in [0.29, 0.717) is 22.6 Å². The molecule has 0 fully saturated rings. The van der Waals surface area contributed by atoms with Crippen molar-refractivity contribution in [1.29, 1.82) is 5.26 Å². The molecule has 0 amide bonds. The smallest absolute Gasteiger partial charge is 0.210 e. The Morgan fingerprint density at radius 3 is 2.81 bits per heavy atom. The third kappa shape index (κ3) is 3.86. The number of thioether (sulfide) groups is 1. The van der Waals surface area contributed by atoms with E-state index in [1.807, 2.05) is 31.2 Å². The summed E-state index contributed by atoms with van der Waals surface area (Å²) in [6.07, 6.45) is 0. The fraction of sp³-hybridized carbons (Fsp3) is 0.353. The molecule has 0 saturated carbocycles. The molecule has 0 aliphatic heterocycles. The molecule has 0 aliphatic rings. The monoisotopic (exact) mass is 386 g/mol. The van der Waals surface area contributed by atoms with Crippen molar-refractivity contribution in [2.75, 3.05) is 0 Å². The Morgan fingerprint density at radius 2 is 2.12 bits per heavy atom. The number of nitrogens with zero attached hydrogens (tertiary/aromatic N) is 6. The van der Waals surface area contributed by atoms with Crippen LogP contribution in [0.5, 0.6) is 0 Å². The average molecular weight is 387 g/mol. The van der Waals surface area contributed by atoms with Crippen LogP contribution in [0.15, 0.2) is 35.2 Å². The molecule has 0 aliphatic carbocycles. The molecular formula is C17H18N6OS2. The molecule has 0 radical (unpaired) electrons. The van der Waals surface area contributed by atoms with Gasteiger partial charge in [0.15, 0.2) is 0 Å². The van der Waals surface area contributed by atoms with Crippen molar-refractivity contribution >= 4 is 38.9 Å². The van der Waals surface area contributed by atoms with Crippen molar-refractivity contribution in [2.24, 2.45) is 5.92 Å². The summed E-state index contributed by atoms with van der Waals surface area (Å²) in [5, 5.41) is 32.7. The van der Waals surface area contributed by atoms with Crippen LogP contribution in [0.1, 0.15) is 25.8 Å². The van der Waals surface area contributed by atoms with Crippen LogP contribution >= 0.6 is 23.1 Å². The van der Waals surface area contributed by atoms with E-state index in [2.05, 4.69) is 40.4 Å². The van der Waals surface area contributed by atoms with Gasteiger partial charge in [-0.3, -0.25) is 0 Å². The van der Waals surface area contributed by atoms with Crippen LogP contribution < -0.4 is 0 Å². The lowest BCUT2D eigenvalue weighted by molar-refractivity contribution is 0.401. The van der Waals surface area contributed by atoms with E-state index in [0.717, 1.165) is 10.2 Å². The summed E-state index contributed by atoms with van der Waals surface area (Å²) in [5.41, 5.74) is 1.00. The normalized spacial score (nSPS) is 13.7. The van der Waals surface area contributed by atoms with E-state index in [1.165, 1.54) is 23.1 Å². The number of aromatic nitrogens is 5. The van der Waals surface area contributed by atoms with Crippen LogP contribution in [0.25, 0.3) is 15.8 Å². The molecular weight excluding hydrogens is 368 g/mol. The second-order valence-electron chi connectivity index (χ2n) is 6.16. The molecule has 134 valence electrons. The molecule has 3 aromatic rings. The number of allylic oxidation sites excluding steroid dienone is 1. The van der Waals surface area contributed by atoms with Crippen LogP contribution in [-0.2, 0) is 6.54 Å². The molecule has 0 bridgehead atoms. The fourth-order valence-electron chi connectivity index (χ4n) is 2.35. The van der Waals surface area contributed by atoms with E-state index >= 15 is 0 Å². The topological polar surface area (TPSA) is 101 Å². The van der Waals surface area contributed by atoms with Crippen molar-refractivity contribution in [3.63, 3.8) is 0 Å². The van der Waals surface area contributed by atoms with Crippen LogP contribution in [0, 0.1) is 17.2 Å². The number of nitriles is 1. The maximum atomic E-state index is 10.7. The van der Waals surface area contributed by atoms with Gasteiger partial charge in [-0.05, 0) is 35.4 Å². The van der Waals surface area contributed by atoms with Crippen molar-refractivity contribution < 1.29 is 5.11 Å². The first-order chi connectivity index (χ1) is 12.5. The number of thiazole rings is 1. The fourth-order valence-corrected chi connectivity index (χ4v) is 4.18. The second kappa shape index (κ2) is 7.85. The zero-order valence-corrected chi connectivity index (χ0v) is 16.3. The first-order valence-corrected chi connectivity index (χ1v) is 9.81. The first kappa shape index (κ1) is 18.4. The largest absolute Gasteiger partial charge is 0.510 e. The van der Waals surface area contributed by atoms with E-state index in [-0.39, 0.29) is 16.6 Å². The molecule has 1 unspecified atom stereocenters. The van der Waals surface area contributed by atoms with Crippen LogP contribution in [-0.4, -0.2) is 35.5 Å². The summed E-state index contributed by atoms with van der Waals surface area (Å²) in [6, 6.07) is 9.75. The van der Waals surface area contributed by atoms with Crippen LogP contribution in [0.4, 0.5) is 0 Å². The van der Waals surface area contributed by atoms with Gasteiger partial charge in [0.25, 0.3) is 0 Å². The number of hydrogen-bond acceptors (Lipinski definition) is 8. The first-order valence-electron chi connectivity index (χ1n) is 8.11. The van der Waals surface area contributed by atoms with Crippen LogP contribution in [0.3, 0.4) is 0 Å². The maximum Gasteiger partial charge on any atom is 0.210 e. The zero-order chi connectivity index (χ0) is 18.7. The number of fused-ring (bicyclic) bond motifs is 1. The van der Waals surface area contributed by atoms with Crippen molar-refractivity contribution in [1.82, 2.24) is 25.2 Å². The Kier molecular flexibility index (Phi) is 5.54. The minimum Gasteiger partial charge on any atom is -0.510 e. The van der Waals surface area contributed by atoms with Gasteiger partial charge >= 0.3 is 0 Å². The number of para-hydroxylation sites is 1. The van der Waals surface area contributed by atoms with E-state index in [1.54, 1.807) is 4.68 Å². The molecule has 2 heterocycles. The van der Waals surface area contributed by atoms with Crippen LogP contribution in [0.2, 0.25) is 0 Å². The summed E-state index contributed by atoms with van der Waals surface area (Å²) < 4.78 is 2.69. The predicted octanol–water partition coefficient (Wildman–Crippen LogP) is 3.91. The molecule has 7 nitrogen and oxygen atoms in total. The summed E-state index contributed by atoms with van der Waals surface area (Å²) in [7, 11) is 0. The molecule has 3 rings (SSSR count). The second-order valence-corrected chi connectivity index (χ2v) is 8.49. The minimum atomic E-state index is -0.381. The molecule has 2 aromatic heterocycles. The SMILES string of the molecule is CC(C)Cn1nnnc1SC(C)/C(O)=C(\C#N)c1nc2ccccc2s1. The Morgan fingerprint density at radius 1 is 1.35 bits per heavy atom. The van der Waals surface area contributed by atoms with Crippen molar-refractivity contribution in [3.8, 4) is 6.07 Å². The molecule has 26 heavy (non-hydrogen) atoms. The maximum absolute atomic E-state index is 10.7. The molecule has 1 N–H and O–H groups in total. The van der Waals surface area contributed by atoms with Gasteiger partial charge < -0.3 is 5.11 Å². The lowest BCUT2D eigenvalue weighted by atomic mass is 10.2. The molecule has 9 heteroatoms. The van der Waals surface area contributed by atoms with E-state index in [9.17, 15) is 10.4 Å². The average Bonchev–Trinajstić information content (AvgIpc) is 3.21. The summed E-state index contributed by atoms with van der Waals surface area (Å²) in [4.78, 5) is 4.46. The van der Waals surface area contributed by atoms with Gasteiger partial charge in [-0.1, -0.05) is 37.7 Å². The zero-order valence-electron chi connectivity index (χ0n) is 14.6.